The van der Waals surface area contributed by atoms with Crippen LogP contribution in [-0.2, 0) is 0 Å². The number of aromatic nitrogens is 3. The van der Waals surface area contributed by atoms with E-state index in [2.05, 4.69) is 166 Å². The normalized spacial score (nSPS) is 11.4. The predicted octanol–water partition coefficient (Wildman–Crippen LogP) is 12.8. The van der Waals surface area contributed by atoms with Crippen LogP contribution in [0.2, 0.25) is 0 Å². The van der Waals surface area contributed by atoms with Gasteiger partial charge in [-0.3, -0.25) is 0 Å². The van der Waals surface area contributed by atoms with Gasteiger partial charge < -0.3 is 9.13 Å². The van der Waals surface area contributed by atoms with Crippen molar-refractivity contribution in [2.24, 2.45) is 0 Å². The topological polar surface area (TPSA) is 27.1 Å². The molecule has 0 fully saturated rings. The first-order chi connectivity index (χ1) is 25.8. The van der Waals surface area contributed by atoms with Crippen molar-refractivity contribution in [3.63, 3.8) is 0 Å². The van der Waals surface area contributed by atoms with Gasteiger partial charge in [0.25, 0.3) is 0 Å². The summed E-state index contributed by atoms with van der Waals surface area (Å²) >= 11 is 0. The Morgan fingerprint density at radius 2 is 1.04 bits per heavy atom. The number of hydrogen-bond donors (Lipinski definition) is 0. The lowest BCUT2D eigenvalue weighted by Gasteiger charge is -2.16. The molecule has 10 rings (SSSR count). The van der Waals surface area contributed by atoms with Crippen LogP contribution < -0.4 is 0 Å². The fourth-order valence-electron chi connectivity index (χ4n) is 7.82. The van der Waals surface area contributed by atoms with Crippen molar-refractivity contribution in [1.29, 1.82) is 0 Å². The van der Waals surface area contributed by atoms with Crippen LogP contribution in [0.1, 0.15) is 0 Å². The summed E-state index contributed by atoms with van der Waals surface area (Å²) in [6.45, 7) is 7.46. The number of benzene rings is 7. The quantitative estimate of drug-likeness (QED) is 0.169. The maximum atomic E-state index is 7.46. The molecule has 0 aliphatic heterocycles. The Hall–Kier alpha value is -7.22. The maximum absolute atomic E-state index is 7.46. The number of para-hydroxylation sites is 4. The average Bonchev–Trinajstić information content (AvgIpc) is 3.74. The highest BCUT2D eigenvalue weighted by molar-refractivity contribution is 6.26. The molecule has 10 aromatic rings. The molecule has 7 aromatic carbocycles. The van der Waals surface area contributed by atoms with Crippen molar-refractivity contribution in [3.8, 4) is 45.0 Å². The molecule has 3 heterocycles. The van der Waals surface area contributed by atoms with Crippen LogP contribution in [0.4, 0.5) is 5.69 Å². The van der Waals surface area contributed by atoms with Crippen LogP contribution in [0.3, 0.4) is 0 Å². The largest absolute Gasteiger partial charge is 0.309 e. The summed E-state index contributed by atoms with van der Waals surface area (Å²) in [7, 11) is 0. The maximum Gasteiger partial charge on any atom is 0.187 e. The first-order valence-corrected chi connectivity index (χ1v) is 17.4. The molecule has 4 nitrogen and oxygen atoms in total. The van der Waals surface area contributed by atoms with E-state index in [0.29, 0.717) is 5.69 Å². The SMILES string of the molecule is [C-]#[N+]c1ccc(-c2cc(-c3ccccc3-n3c4ccccc4c4ccc5c(c6ccccc6n5-c5ccccc5)c43)cc(-c3ccccc3)n2)cc1. The van der Waals surface area contributed by atoms with E-state index in [9.17, 15) is 0 Å². The Balaban J connectivity index is 1.30. The van der Waals surface area contributed by atoms with Gasteiger partial charge in [0.05, 0.1) is 45.7 Å². The third-order valence-electron chi connectivity index (χ3n) is 10.1. The Labute approximate surface area is 300 Å². The van der Waals surface area contributed by atoms with Crippen molar-refractivity contribution in [2.75, 3.05) is 0 Å². The van der Waals surface area contributed by atoms with E-state index < -0.39 is 0 Å². The van der Waals surface area contributed by atoms with Crippen molar-refractivity contribution in [3.05, 3.63) is 193 Å². The Morgan fingerprint density at radius 1 is 0.442 bits per heavy atom. The van der Waals surface area contributed by atoms with Crippen LogP contribution in [0.25, 0.3) is 93.5 Å². The summed E-state index contributed by atoms with van der Waals surface area (Å²) in [5.41, 5.74) is 13.5. The minimum absolute atomic E-state index is 0.611. The number of hydrogen-bond acceptors (Lipinski definition) is 1. The fraction of sp³-hybridized carbons (Fsp3) is 0. The van der Waals surface area contributed by atoms with E-state index in [4.69, 9.17) is 11.6 Å². The van der Waals surface area contributed by atoms with Crippen molar-refractivity contribution in [2.45, 2.75) is 0 Å². The van der Waals surface area contributed by atoms with Crippen LogP contribution >= 0.6 is 0 Å². The minimum atomic E-state index is 0.611. The first kappa shape index (κ1) is 29.7. The van der Waals surface area contributed by atoms with E-state index in [1.807, 2.05) is 30.3 Å². The summed E-state index contributed by atoms with van der Waals surface area (Å²) < 4.78 is 4.86. The fourth-order valence-corrected chi connectivity index (χ4v) is 7.82. The smallest absolute Gasteiger partial charge is 0.187 e. The first-order valence-electron chi connectivity index (χ1n) is 17.4. The molecule has 0 unspecified atom stereocenters. The zero-order valence-corrected chi connectivity index (χ0v) is 28.1. The molecule has 0 N–H and O–H groups in total. The van der Waals surface area contributed by atoms with Crippen LogP contribution in [0, 0.1) is 6.57 Å². The van der Waals surface area contributed by atoms with Crippen molar-refractivity contribution in [1.82, 2.24) is 14.1 Å². The molecule has 0 bridgehead atoms. The van der Waals surface area contributed by atoms with Gasteiger partial charge in [0.1, 0.15) is 0 Å². The highest BCUT2D eigenvalue weighted by Crippen LogP contribution is 2.44. The van der Waals surface area contributed by atoms with E-state index in [-0.39, 0.29) is 0 Å². The van der Waals surface area contributed by atoms with Crippen molar-refractivity contribution < 1.29 is 0 Å². The molecule has 3 aromatic heterocycles. The highest BCUT2D eigenvalue weighted by Gasteiger charge is 2.22. The van der Waals surface area contributed by atoms with E-state index >= 15 is 0 Å². The zero-order chi connectivity index (χ0) is 34.6. The van der Waals surface area contributed by atoms with Gasteiger partial charge in [0.15, 0.2) is 5.69 Å². The molecular formula is C48H30N4. The number of pyridine rings is 1. The summed E-state index contributed by atoms with van der Waals surface area (Å²) in [6.07, 6.45) is 0. The molecule has 0 amide bonds. The van der Waals surface area contributed by atoms with Crippen molar-refractivity contribution >= 4 is 49.3 Å². The van der Waals surface area contributed by atoms with E-state index in [1.165, 1.54) is 38.1 Å². The van der Waals surface area contributed by atoms with E-state index in [0.717, 1.165) is 50.5 Å². The molecule has 0 aliphatic rings. The summed E-state index contributed by atoms with van der Waals surface area (Å²) in [6, 6.07) is 63.9. The average molecular weight is 663 g/mol. The van der Waals surface area contributed by atoms with Gasteiger partial charge in [-0.2, -0.15) is 0 Å². The molecule has 0 radical (unpaired) electrons. The number of fused-ring (bicyclic) bond motifs is 7. The molecule has 0 spiro atoms. The van der Waals surface area contributed by atoms with Gasteiger partial charge in [0.2, 0.25) is 0 Å². The molecule has 0 saturated carbocycles. The van der Waals surface area contributed by atoms with Gasteiger partial charge in [-0.25, -0.2) is 9.83 Å². The lowest BCUT2D eigenvalue weighted by molar-refractivity contribution is 1.17. The van der Waals surface area contributed by atoms with Gasteiger partial charge >= 0.3 is 0 Å². The van der Waals surface area contributed by atoms with Gasteiger partial charge in [-0.05, 0) is 59.7 Å². The molecule has 52 heavy (non-hydrogen) atoms. The standard InChI is InChI=1S/C48H30N4/c1-49-35-26-24-33(25-27-35)42-31-34(30-41(50-42)32-14-4-2-5-15-32)37-18-8-11-21-43(37)52-44-22-12-9-19-38(44)39-28-29-46-47(48(39)52)40-20-10-13-23-45(40)51(46)36-16-6-3-7-17-36/h2-31H. The third kappa shape index (κ3) is 4.65. The molecule has 0 atom stereocenters. The second-order valence-electron chi connectivity index (χ2n) is 13.1. The third-order valence-corrected chi connectivity index (χ3v) is 10.1. The van der Waals surface area contributed by atoms with Gasteiger partial charge in [-0.15, -0.1) is 0 Å². The second kappa shape index (κ2) is 12.0. The van der Waals surface area contributed by atoms with Crippen LogP contribution in [0.15, 0.2) is 182 Å². The number of rotatable bonds is 5. The van der Waals surface area contributed by atoms with E-state index in [1.54, 1.807) is 0 Å². The van der Waals surface area contributed by atoms with Crippen LogP contribution in [-0.4, -0.2) is 14.1 Å². The lowest BCUT2D eigenvalue weighted by atomic mass is 9.98. The molecule has 242 valence electrons. The summed E-state index contributed by atoms with van der Waals surface area (Å²) in [4.78, 5) is 8.78. The Morgan fingerprint density at radius 3 is 1.77 bits per heavy atom. The number of nitrogens with zero attached hydrogens (tertiary/aromatic N) is 4. The monoisotopic (exact) mass is 662 g/mol. The molecule has 0 aliphatic carbocycles. The van der Waals surface area contributed by atoms with Gasteiger partial charge in [-0.1, -0.05) is 133 Å². The Kier molecular flexibility index (Phi) is 6.84. The Bertz CT molecular complexity index is 3000. The summed E-state index contributed by atoms with van der Waals surface area (Å²) in [5.74, 6) is 0. The molecule has 0 saturated heterocycles. The highest BCUT2D eigenvalue weighted by atomic mass is 15.0. The molecule has 4 heteroatoms. The predicted molar refractivity (Wildman–Crippen MR) is 215 cm³/mol. The summed E-state index contributed by atoms with van der Waals surface area (Å²) in [5, 5.41) is 4.87. The van der Waals surface area contributed by atoms with Crippen LogP contribution in [0.5, 0.6) is 0 Å². The zero-order valence-electron chi connectivity index (χ0n) is 28.1. The lowest BCUT2D eigenvalue weighted by Crippen LogP contribution is -1.99. The minimum Gasteiger partial charge on any atom is -0.309 e. The molecular weight excluding hydrogens is 633 g/mol. The second-order valence-corrected chi connectivity index (χ2v) is 13.1. The van der Waals surface area contributed by atoms with Gasteiger partial charge in [0, 0.05) is 38.4 Å².